The van der Waals surface area contributed by atoms with Crippen LogP contribution in [0.1, 0.15) is 18.4 Å². The molecule has 0 saturated carbocycles. The molecule has 0 aliphatic carbocycles. The molecule has 1 N–H and O–H groups in total. The van der Waals surface area contributed by atoms with Crippen LogP contribution >= 0.6 is 0 Å². The number of methoxy groups -OCH3 is 1. The molecule has 1 unspecified atom stereocenters. The first kappa shape index (κ1) is 17.7. The summed E-state index contributed by atoms with van der Waals surface area (Å²) in [6.07, 6.45) is -3.09. The molecule has 23 heavy (non-hydrogen) atoms. The van der Waals surface area contributed by atoms with Crippen LogP contribution < -0.4 is 0 Å². The first-order valence-electron chi connectivity index (χ1n) is 7.49. The van der Waals surface area contributed by atoms with Gasteiger partial charge in [-0.3, -0.25) is 5.01 Å². The number of nitrogens with zero attached hydrogens (tertiary/aromatic N) is 2. The standard InChI is InChI=1S/C16H21F3N2O2/c1-23-11-14-8-5-9-21(14)20-12-15(22,16(17,18)19)10-13-6-3-2-4-7-13/h2-4,6-7,12,14,22H,5,8-11H2,1H3/b20-12+/t14-,15?/m0/s1. The molecule has 7 heteroatoms. The van der Waals surface area contributed by atoms with Gasteiger partial charge in [-0.15, -0.1) is 0 Å². The fourth-order valence-electron chi connectivity index (χ4n) is 2.63. The number of aliphatic hydroxyl groups is 1. The van der Waals surface area contributed by atoms with Gasteiger partial charge in [0.25, 0.3) is 0 Å². The number of rotatable bonds is 6. The fourth-order valence-corrected chi connectivity index (χ4v) is 2.63. The van der Waals surface area contributed by atoms with E-state index in [9.17, 15) is 18.3 Å². The Morgan fingerprint density at radius 1 is 1.35 bits per heavy atom. The van der Waals surface area contributed by atoms with E-state index in [2.05, 4.69) is 5.10 Å². The van der Waals surface area contributed by atoms with Crippen molar-refractivity contribution in [1.29, 1.82) is 0 Å². The molecule has 1 fully saturated rings. The maximum atomic E-state index is 13.3. The van der Waals surface area contributed by atoms with E-state index in [4.69, 9.17) is 4.74 Å². The molecule has 128 valence electrons. The largest absolute Gasteiger partial charge is 0.422 e. The van der Waals surface area contributed by atoms with Gasteiger partial charge in [0.2, 0.25) is 5.60 Å². The van der Waals surface area contributed by atoms with Crippen LogP contribution in [0.5, 0.6) is 0 Å². The maximum Gasteiger partial charge on any atom is 0.422 e. The van der Waals surface area contributed by atoms with Crippen LogP contribution in [0.4, 0.5) is 13.2 Å². The van der Waals surface area contributed by atoms with Gasteiger partial charge >= 0.3 is 6.18 Å². The van der Waals surface area contributed by atoms with E-state index >= 15 is 0 Å². The molecular weight excluding hydrogens is 309 g/mol. The first-order valence-corrected chi connectivity index (χ1v) is 7.49. The Balaban J connectivity index is 2.17. The van der Waals surface area contributed by atoms with Crippen molar-refractivity contribution in [1.82, 2.24) is 5.01 Å². The van der Waals surface area contributed by atoms with Crippen LogP contribution in [-0.2, 0) is 11.2 Å². The van der Waals surface area contributed by atoms with Crippen LogP contribution in [0.15, 0.2) is 35.4 Å². The van der Waals surface area contributed by atoms with Gasteiger partial charge < -0.3 is 9.84 Å². The third kappa shape index (κ3) is 4.45. The molecule has 1 saturated heterocycles. The molecule has 0 amide bonds. The molecule has 2 atom stereocenters. The van der Waals surface area contributed by atoms with Crippen LogP contribution in [0.25, 0.3) is 0 Å². The number of halogens is 3. The van der Waals surface area contributed by atoms with Gasteiger partial charge in [0.1, 0.15) is 0 Å². The number of hydrogen-bond donors (Lipinski definition) is 1. The molecule has 0 radical (unpaired) electrons. The minimum absolute atomic E-state index is 0.0505. The molecule has 0 aromatic heterocycles. The highest BCUT2D eigenvalue weighted by atomic mass is 19.4. The van der Waals surface area contributed by atoms with Crippen LogP contribution in [-0.4, -0.2) is 54.4 Å². The molecule has 1 heterocycles. The van der Waals surface area contributed by atoms with Crippen molar-refractivity contribution in [3.63, 3.8) is 0 Å². The molecule has 0 spiro atoms. The molecule has 1 aliphatic rings. The van der Waals surface area contributed by atoms with Crippen molar-refractivity contribution in [2.45, 2.75) is 37.1 Å². The van der Waals surface area contributed by atoms with Crippen molar-refractivity contribution in [3.05, 3.63) is 35.9 Å². The van der Waals surface area contributed by atoms with E-state index in [0.29, 0.717) is 24.9 Å². The second-order valence-electron chi connectivity index (χ2n) is 5.74. The summed E-state index contributed by atoms with van der Waals surface area (Å²) in [6, 6.07) is 8.04. The Kier molecular flexibility index (Phi) is 5.64. The predicted octanol–water partition coefficient (Wildman–Crippen LogP) is 2.62. The topological polar surface area (TPSA) is 45.1 Å². The SMILES string of the molecule is COC[C@@H]1CCCN1/N=C/C(O)(Cc1ccccc1)C(F)(F)F. The lowest BCUT2D eigenvalue weighted by Gasteiger charge is -2.28. The quantitative estimate of drug-likeness (QED) is 0.816. The number of hydrazone groups is 1. The molecule has 0 bridgehead atoms. The Hall–Kier alpha value is -1.60. The van der Waals surface area contributed by atoms with Gasteiger partial charge in [-0.2, -0.15) is 18.3 Å². The Morgan fingerprint density at radius 2 is 2.04 bits per heavy atom. The van der Waals surface area contributed by atoms with Crippen molar-refractivity contribution < 1.29 is 23.0 Å². The van der Waals surface area contributed by atoms with E-state index in [-0.39, 0.29) is 6.04 Å². The second kappa shape index (κ2) is 7.31. The zero-order valence-electron chi connectivity index (χ0n) is 13.0. The monoisotopic (exact) mass is 330 g/mol. The summed E-state index contributed by atoms with van der Waals surface area (Å²) in [5.41, 5.74) is -2.59. The van der Waals surface area contributed by atoms with Crippen molar-refractivity contribution in [2.24, 2.45) is 5.10 Å². The van der Waals surface area contributed by atoms with E-state index < -0.39 is 18.2 Å². The number of hydrogen-bond acceptors (Lipinski definition) is 4. The lowest BCUT2D eigenvalue weighted by atomic mass is 9.95. The molecular formula is C16H21F3N2O2. The van der Waals surface area contributed by atoms with Crippen LogP contribution in [0, 0.1) is 0 Å². The molecule has 1 aliphatic heterocycles. The fraction of sp³-hybridized carbons (Fsp3) is 0.562. The van der Waals surface area contributed by atoms with Crippen molar-refractivity contribution in [3.8, 4) is 0 Å². The Labute approximate surface area is 133 Å². The van der Waals surface area contributed by atoms with E-state index in [1.807, 2.05) is 0 Å². The Bertz CT molecular complexity index is 522. The third-order valence-corrected chi connectivity index (χ3v) is 3.93. The zero-order valence-corrected chi connectivity index (χ0v) is 13.0. The van der Waals surface area contributed by atoms with Gasteiger partial charge in [-0.25, -0.2) is 0 Å². The average Bonchev–Trinajstić information content (AvgIpc) is 2.93. The Morgan fingerprint density at radius 3 is 2.65 bits per heavy atom. The lowest BCUT2D eigenvalue weighted by molar-refractivity contribution is -0.228. The number of alkyl halides is 3. The van der Waals surface area contributed by atoms with Gasteiger partial charge in [0, 0.05) is 20.1 Å². The summed E-state index contributed by atoms with van der Waals surface area (Å²) < 4.78 is 45.0. The second-order valence-corrected chi connectivity index (χ2v) is 5.74. The van der Waals surface area contributed by atoms with Crippen LogP contribution in [0.3, 0.4) is 0 Å². The zero-order chi connectivity index (χ0) is 16.9. The van der Waals surface area contributed by atoms with Gasteiger partial charge in [0.15, 0.2) is 0 Å². The highest BCUT2D eigenvalue weighted by molar-refractivity contribution is 5.70. The van der Waals surface area contributed by atoms with Crippen molar-refractivity contribution in [2.75, 3.05) is 20.3 Å². The average molecular weight is 330 g/mol. The molecule has 2 rings (SSSR count). The van der Waals surface area contributed by atoms with E-state index in [1.165, 1.54) is 0 Å². The normalized spacial score (nSPS) is 21.8. The highest BCUT2D eigenvalue weighted by Gasteiger charge is 2.53. The summed E-state index contributed by atoms with van der Waals surface area (Å²) in [5, 5.41) is 15.6. The van der Waals surface area contributed by atoms with Gasteiger partial charge in [-0.05, 0) is 18.4 Å². The summed E-state index contributed by atoms with van der Waals surface area (Å²) >= 11 is 0. The minimum atomic E-state index is -4.80. The minimum Gasteiger partial charge on any atom is -0.382 e. The van der Waals surface area contributed by atoms with Crippen LogP contribution in [0.2, 0.25) is 0 Å². The lowest BCUT2D eigenvalue weighted by Crippen LogP contribution is -2.49. The van der Waals surface area contributed by atoms with Gasteiger partial charge in [0.05, 0.1) is 18.9 Å². The number of ether oxygens (including phenoxy) is 1. The summed E-state index contributed by atoms with van der Waals surface area (Å²) in [4.78, 5) is 0. The third-order valence-electron chi connectivity index (χ3n) is 3.93. The van der Waals surface area contributed by atoms with Gasteiger partial charge in [-0.1, -0.05) is 30.3 Å². The molecule has 1 aromatic carbocycles. The number of benzene rings is 1. The maximum absolute atomic E-state index is 13.3. The predicted molar refractivity (Wildman–Crippen MR) is 81.2 cm³/mol. The molecule has 1 aromatic rings. The summed E-state index contributed by atoms with van der Waals surface area (Å²) in [5.74, 6) is 0. The van der Waals surface area contributed by atoms with E-state index in [1.54, 1.807) is 42.5 Å². The summed E-state index contributed by atoms with van der Waals surface area (Å²) in [6.45, 7) is 0.963. The smallest absolute Gasteiger partial charge is 0.382 e. The first-order chi connectivity index (χ1) is 10.9. The van der Waals surface area contributed by atoms with E-state index in [0.717, 1.165) is 12.8 Å². The van der Waals surface area contributed by atoms with Crippen molar-refractivity contribution >= 4 is 6.21 Å². The highest BCUT2D eigenvalue weighted by Crippen LogP contribution is 2.32. The summed E-state index contributed by atoms with van der Waals surface area (Å²) in [7, 11) is 1.54. The molecule has 4 nitrogen and oxygen atoms in total.